The molecule has 0 fully saturated rings. The van der Waals surface area contributed by atoms with Gasteiger partial charge in [0, 0.05) is 5.56 Å². The number of nitrogens with zero attached hydrogens (tertiary/aromatic N) is 1. The van der Waals surface area contributed by atoms with Gasteiger partial charge in [0.2, 0.25) is 0 Å². The second-order valence-electron chi connectivity index (χ2n) is 2.67. The second-order valence-corrected chi connectivity index (χ2v) is 2.67. The lowest BCUT2D eigenvalue weighted by atomic mass is 10.1. The Morgan fingerprint density at radius 1 is 1.42 bits per heavy atom. The SMILES string of the molecule is C=Nc1cccc(C)c1/C=C\C. The third-order valence-corrected chi connectivity index (χ3v) is 1.80. The first-order chi connectivity index (χ1) is 5.79. The lowest BCUT2D eigenvalue weighted by Gasteiger charge is -2.02. The molecule has 0 aliphatic carbocycles. The van der Waals surface area contributed by atoms with Gasteiger partial charge in [-0.05, 0) is 32.2 Å². The van der Waals surface area contributed by atoms with Crippen LogP contribution in [0.2, 0.25) is 0 Å². The predicted octanol–water partition coefficient (Wildman–Crippen LogP) is 3.36. The van der Waals surface area contributed by atoms with Crippen molar-refractivity contribution in [3.63, 3.8) is 0 Å². The Balaban J connectivity index is 3.28. The summed E-state index contributed by atoms with van der Waals surface area (Å²) < 4.78 is 0. The molecule has 1 nitrogen and oxygen atoms in total. The fourth-order valence-corrected chi connectivity index (χ4v) is 1.19. The maximum atomic E-state index is 3.95. The van der Waals surface area contributed by atoms with Gasteiger partial charge in [0.1, 0.15) is 0 Å². The molecule has 62 valence electrons. The maximum absolute atomic E-state index is 3.95. The van der Waals surface area contributed by atoms with Crippen molar-refractivity contribution in [2.24, 2.45) is 4.99 Å². The van der Waals surface area contributed by atoms with Crippen LogP contribution in [-0.4, -0.2) is 6.72 Å². The van der Waals surface area contributed by atoms with Crippen LogP contribution >= 0.6 is 0 Å². The van der Waals surface area contributed by atoms with Crippen LogP contribution in [0.3, 0.4) is 0 Å². The van der Waals surface area contributed by atoms with E-state index in [0.29, 0.717) is 0 Å². The number of rotatable bonds is 2. The molecule has 0 radical (unpaired) electrons. The van der Waals surface area contributed by atoms with Crippen molar-refractivity contribution in [2.75, 3.05) is 0 Å². The Bertz CT molecular complexity index is 311. The minimum Gasteiger partial charge on any atom is -0.264 e. The molecule has 1 aromatic carbocycles. The lowest BCUT2D eigenvalue weighted by Crippen LogP contribution is -1.79. The molecule has 0 aromatic heterocycles. The molecule has 0 atom stereocenters. The van der Waals surface area contributed by atoms with Crippen molar-refractivity contribution in [1.82, 2.24) is 0 Å². The van der Waals surface area contributed by atoms with Gasteiger partial charge in [0.25, 0.3) is 0 Å². The molecule has 1 heteroatoms. The quantitative estimate of drug-likeness (QED) is 0.587. The van der Waals surface area contributed by atoms with Crippen LogP contribution in [0.15, 0.2) is 29.3 Å². The Morgan fingerprint density at radius 2 is 2.17 bits per heavy atom. The third kappa shape index (κ3) is 1.62. The van der Waals surface area contributed by atoms with Crippen LogP contribution in [-0.2, 0) is 0 Å². The van der Waals surface area contributed by atoms with Gasteiger partial charge in [-0.3, -0.25) is 4.99 Å². The summed E-state index contributed by atoms with van der Waals surface area (Å²) >= 11 is 0. The van der Waals surface area contributed by atoms with Crippen LogP contribution in [0.1, 0.15) is 18.1 Å². The number of allylic oxidation sites excluding steroid dienone is 1. The summed E-state index contributed by atoms with van der Waals surface area (Å²) in [6.45, 7) is 7.60. The average Bonchev–Trinajstić information content (AvgIpc) is 2.09. The monoisotopic (exact) mass is 159 g/mol. The van der Waals surface area contributed by atoms with Gasteiger partial charge < -0.3 is 0 Å². The van der Waals surface area contributed by atoms with E-state index in [-0.39, 0.29) is 0 Å². The van der Waals surface area contributed by atoms with Gasteiger partial charge in [-0.1, -0.05) is 24.3 Å². The molecule has 0 spiro atoms. The average molecular weight is 159 g/mol. The van der Waals surface area contributed by atoms with E-state index in [9.17, 15) is 0 Å². The van der Waals surface area contributed by atoms with Crippen molar-refractivity contribution >= 4 is 18.5 Å². The van der Waals surface area contributed by atoms with Gasteiger partial charge in [0.05, 0.1) is 5.69 Å². The molecular formula is C11H13N. The largest absolute Gasteiger partial charge is 0.264 e. The highest BCUT2D eigenvalue weighted by Crippen LogP contribution is 2.23. The van der Waals surface area contributed by atoms with Crippen molar-refractivity contribution in [1.29, 1.82) is 0 Å². The highest BCUT2D eigenvalue weighted by molar-refractivity contribution is 5.68. The van der Waals surface area contributed by atoms with E-state index >= 15 is 0 Å². The minimum absolute atomic E-state index is 0.952. The summed E-state index contributed by atoms with van der Waals surface area (Å²) in [5.74, 6) is 0. The first kappa shape index (κ1) is 8.72. The van der Waals surface area contributed by atoms with E-state index in [1.54, 1.807) is 0 Å². The fourth-order valence-electron chi connectivity index (χ4n) is 1.19. The molecule has 0 unspecified atom stereocenters. The molecule has 12 heavy (non-hydrogen) atoms. The first-order valence-corrected chi connectivity index (χ1v) is 3.98. The normalized spacial score (nSPS) is 10.5. The van der Waals surface area contributed by atoms with E-state index in [0.717, 1.165) is 11.3 Å². The number of hydrogen-bond donors (Lipinski definition) is 0. The Labute approximate surface area is 73.5 Å². The summed E-state index contributed by atoms with van der Waals surface area (Å²) in [6.07, 6.45) is 4.07. The molecule has 0 N–H and O–H groups in total. The molecule has 0 saturated carbocycles. The lowest BCUT2D eigenvalue weighted by molar-refractivity contribution is 1.41. The van der Waals surface area contributed by atoms with E-state index < -0.39 is 0 Å². The molecule has 0 heterocycles. The fraction of sp³-hybridized carbons (Fsp3) is 0.182. The molecule has 0 amide bonds. The van der Waals surface area contributed by atoms with Crippen LogP contribution < -0.4 is 0 Å². The zero-order valence-corrected chi connectivity index (χ0v) is 7.54. The minimum atomic E-state index is 0.952. The van der Waals surface area contributed by atoms with E-state index in [2.05, 4.69) is 30.8 Å². The van der Waals surface area contributed by atoms with Gasteiger partial charge in [-0.25, -0.2) is 0 Å². The van der Waals surface area contributed by atoms with Crippen molar-refractivity contribution in [3.05, 3.63) is 35.4 Å². The van der Waals surface area contributed by atoms with Crippen molar-refractivity contribution in [2.45, 2.75) is 13.8 Å². The molecule has 0 saturated heterocycles. The number of hydrogen-bond acceptors (Lipinski definition) is 1. The first-order valence-electron chi connectivity index (χ1n) is 3.98. The highest BCUT2D eigenvalue weighted by atomic mass is 14.7. The number of aryl methyl sites for hydroxylation is 1. The summed E-state index contributed by atoms with van der Waals surface area (Å²) in [4.78, 5) is 3.95. The summed E-state index contributed by atoms with van der Waals surface area (Å²) in [6, 6.07) is 6.03. The molecule has 1 rings (SSSR count). The number of aliphatic imine (C=N–C) groups is 1. The predicted molar refractivity (Wildman–Crippen MR) is 55.1 cm³/mol. The summed E-state index contributed by atoms with van der Waals surface area (Å²) in [5.41, 5.74) is 3.35. The van der Waals surface area contributed by atoms with Crippen LogP contribution in [0.4, 0.5) is 5.69 Å². The Morgan fingerprint density at radius 3 is 2.75 bits per heavy atom. The standard InChI is InChI=1S/C11H13N/c1-4-6-10-9(2)7-5-8-11(10)12-3/h4-8H,3H2,1-2H3/b6-4-. The molecule has 0 bridgehead atoms. The van der Waals surface area contributed by atoms with Gasteiger partial charge in [-0.15, -0.1) is 0 Å². The Hall–Kier alpha value is -1.37. The van der Waals surface area contributed by atoms with Crippen molar-refractivity contribution < 1.29 is 0 Å². The molecule has 0 aliphatic rings. The second kappa shape index (κ2) is 3.86. The van der Waals surface area contributed by atoms with Crippen molar-refractivity contribution in [3.8, 4) is 0 Å². The summed E-state index contributed by atoms with van der Waals surface area (Å²) in [7, 11) is 0. The van der Waals surface area contributed by atoms with E-state index in [4.69, 9.17) is 0 Å². The molecular weight excluding hydrogens is 146 g/mol. The van der Waals surface area contributed by atoms with Gasteiger partial charge in [-0.2, -0.15) is 0 Å². The van der Waals surface area contributed by atoms with Crippen LogP contribution in [0.5, 0.6) is 0 Å². The third-order valence-electron chi connectivity index (χ3n) is 1.80. The zero-order chi connectivity index (χ0) is 8.97. The van der Waals surface area contributed by atoms with E-state index in [1.165, 1.54) is 5.56 Å². The maximum Gasteiger partial charge on any atom is 0.0697 e. The Kier molecular flexibility index (Phi) is 2.81. The topological polar surface area (TPSA) is 12.4 Å². The van der Waals surface area contributed by atoms with Crippen LogP contribution in [0.25, 0.3) is 6.08 Å². The highest BCUT2D eigenvalue weighted by Gasteiger charge is 1.98. The summed E-state index contributed by atoms with van der Waals surface area (Å²) in [5, 5.41) is 0. The zero-order valence-electron chi connectivity index (χ0n) is 7.54. The van der Waals surface area contributed by atoms with Gasteiger partial charge in [0.15, 0.2) is 0 Å². The van der Waals surface area contributed by atoms with Crippen LogP contribution in [0, 0.1) is 6.92 Å². The van der Waals surface area contributed by atoms with Gasteiger partial charge >= 0.3 is 0 Å². The molecule has 1 aromatic rings. The molecule has 0 aliphatic heterocycles. The number of benzene rings is 1. The van der Waals surface area contributed by atoms with E-state index in [1.807, 2.05) is 25.1 Å². The smallest absolute Gasteiger partial charge is 0.0697 e.